The maximum atomic E-state index is 12.4. The van der Waals surface area contributed by atoms with Crippen molar-refractivity contribution in [2.75, 3.05) is 6.26 Å². The van der Waals surface area contributed by atoms with E-state index < -0.39 is 10.1 Å². The Kier molecular flexibility index (Phi) is 7.06. The van der Waals surface area contributed by atoms with E-state index in [-0.39, 0.29) is 17.7 Å². The van der Waals surface area contributed by atoms with Gasteiger partial charge in [0.1, 0.15) is 5.75 Å². The highest BCUT2D eigenvalue weighted by Crippen LogP contribution is 2.18. The highest BCUT2D eigenvalue weighted by atomic mass is 32.2. The van der Waals surface area contributed by atoms with Gasteiger partial charge in [-0.3, -0.25) is 4.79 Å². The molecular formula is C17H27NO4S. The minimum Gasteiger partial charge on any atom is -0.383 e. The van der Waals surface area contributed by atoms with Crippen molar-refractivity contribution in [3.63, 3.8) is 0 Å². The molecule has 0 saturated carbocycles. The van der Waals surface area contributed by atoms with Gasteiger partial charge in [-0.1, -0.05) is 32.9 Å². The minimum atomic E-state index is -3.52. The van der Waals surface area contributed by atoms with Gasteiger partial charge in [0.15, 0.2) is 0 Å². The molecule has 1 aromatic carbocycles. The smallest absolute Gasteiger partial charge is 0.306 e. The Morgan fingerprint density at radius 3 is 2.17 bits per heavy atom. The Hall–Kier alpha value is -1.56. The molecule has 0 heterocycles. The fraction of sp³-hybridized carbons (Fsp3) is 0.588. The van der Waals surface area contributed by atoms with Crippen LogP contribution < -0.4 is 4.18 Å². The zero-order valence-corrected chi connectivity index (χ0v) is 15.4. The maximum absolute atomic E-state index is 12.4. The Morgan fingerprint density at radius 2 is 1.74 bits per heavy atom. The van der Waals surface area contributed by atoms with Crippen LogP contribution in [-0.2, 0) is 21.5 Å². The fourth-order valence-electron chi connectivity index (χ4n) is 2.20. The molecule has 0 aromatic heterocycles. The quantitative estimate of drug-likeness (QED) is 0.681. The molecule has 0 spiro atoms. The summed E-state index contributed by atoms with van der Waals surface area (Å²) in [4.78, 5) is 14.3. The van der Waals surface area contributed by atoms with Crippen LogP contribution in [0.5, 0.6) is 5.75 Å². The van der Waals surface area contributed by atoms with Crippen LogP contribution >= 0.6 is 0 Å². The molecule has 0 radical (unpaired) electrons. The highest BCUT2D eigenvalue weighted by Gasteiger charge is 2.20. The van der Waals surface area contributed by atoms with Crippen molar-refractivity contribution in [1.82, 2.24) is 4.90 Å². The van der Waals surface area contributed by atoms with Gasteiger partial charge in [0.25, 0.3) is 0 Å². The zero-order chi connectivity index (χ0) is 17.6. The number of nitrogens with zero attached hydrogens (tertiary/aromatic N) is 1. The van der Waals surface area contributed by atoms with Crippen molar-refractivity contribution < 1.29 is 17.4 Å². The van der Waals surface area contributed by atoms with Gasteiger partial charge in [0.2, 0.25) is 5.91 Å². The van der Waals surface area contributed by atoms with Gasteiger partial charge in [-0.2, -0.15) is 8.42 Å². The Bertz CT molecular complexity index is 608. The summed E-state index contributed by atoms with van der Waals surface area (Å²) in [6, 6.07) is 6.96. The number of carbonyl (C=O) groups excluding carboxylic acids is 1. The fourth-order valence-corrected chi connectivity index (χ4v) is 2.66. The first-order valence-corrected chi connectivity index (χ1v) is 9.72. The maximum Gasteiger partial charge on any atom is 0.306 e. The molecule has 0 bridgehead atoms. The second-order valence-corrected chi connectivity index (χ2v) is 7.88. The van der Waals surface area contributed by atoms with Crippen molar-refractivity contribution in [2.24, 2.45) is 5.92 Å². The number of benzene rings is 1. The molecule has 0 N–H and O–H groups in total. The second-order valence-electron chi connectivity index (χ2n) is 6.31. The van der Waals surface area contributed by atoms with Gasteiger partial charge in [-0.25, -0.2) is 0 Å². The summed E-state index contributed by atoms with van der Waals surface area (Å²) in [6.07, 6.45) is 2.43. The van der Waals surface area contributed by atoms with E-state index in [1.807, 2.05) is 25.7 Å². The molecule has 0 aliphatic rings. The number of amides is 1. The Balaban J connectivity index is 2.85. The van der Waals surface area contributed by atoms with Crippen LogP contribution in [0, 0.1) is 5.92 Å². The third-order valence-corrected chi connectivity index (χ3v) is 4.05. The van der Waals surface area contributed by atoms with Gasteiger partial charge >= 0.3 is 10.1 Å². The first kappa shape index (κ1) is 19.5. The first-order chi connectivity index (χ1) is 10.6. The molecule has 1 amide bonds. The van der Waals surface area contributed by atoms with Crippen molar-refractivity contribution in [2.45, 2.75) is 53.1 Å². The van der Waals surface area contributed by atoms with Crippen LogP contribution in [0.3, 0.4) is 0 Å². The first-order valence-electron chi connectivity index (χ1n) is 7.90. The molecule has 1 rings (SSSR count). The molecule has 23 heavy (non-hydrogen) atoms. The number of rotatable bonds is 8. The summed E-state index contributed by atoms with van der Waals surface area (Å²) in [5.41, 5.74) is 0.947. The van der Waals surface area contributed by atoms with E-state index in [0.29, 0.717) is 18.9 Å². The third-order valence-electron chi connectivity index (χ3n) is 3.55. The highest BCUT2D eigenvalue weighted by molar-refractivity contribution is 7.86. The normalized spacial score (nSPS) is 13.0. The number of carbonyl (C=O) groups is 1. The lowest BCUT2D eigenvalue weighted by Crippen LogP contribution is -2.38. The average molecular weight is 341 g/mol. The van der Waals surface area contributed by atoms with Gasteiger partial charge < -0.3 is 9.08 Å². The summed E-state index contributed by atoms with van der Waals surface area (Å²) < 4.78 is 27.0. The predicted molar refractivity (Wildman–Crippen MR) is 91.7 cm³/mol. The van der Waals surface area contributed by atoms with E-state index in [1.165, 1.54) is 0 Å². The van der Waals surface area contributed by atoms with Crippen LogP contribution in [-0.4, -0.2) is 31.5 Å². The van der Waals surface area contributed by atoms with Crippen molar-refractivity contribution in [3.05, 3.63) is 29.8 Å². The van der Waals surface area contributed by atoms with Gasteiger partial charge in [0.05, 0.1) is 6.26 Å². The monoisotopic (exact) mass is 341 g/mol. The molecule has 1 atom stereocenters. The lowest BCUT2D eigenvalue weighted by Gasteiger charge is -2.29. The number of hydrogen-bond donors (Lipinski definition) is 0. The Morgan fingerprint density at radius 1 is 1.17 bits per heavy atom. The van der Waals surface area contributed by atoms with Crippen molar-refractivity contribution in [3.8, 4) is 5.75 Å². The molecule has 130 valence electrons. The van der Waals surface area contributed by atoms with Crippen LogP contribution in [0.2, 0.25) is 0 Å². The average Bonchev–Trinajstić information content (AvgIpc) is 2.43. The van der Waals surface area contributed by atoms with Gasteiger partial charge in [-0.15, -0.1) is 0 Å². The molecule has 6 heteroatoms. The summed E-state index contributed by atoms with van der Waals surface area (Å²) in [6.45, 7) is 8.68. The number of hydrogen-bond acceptors (Lipinski definition) is 4. The SMILES string of the molecule is CC[C@H](C)N(Cc1ccc(OS(C)(=O)=O)cc1)C(=O)CC(C)C. The van der Waals surface area contributed by atoms with E-state index in [0.717, 1.165) is 18.2 Å². The molecule has 0 aliphatic heterocycles. The molecule has 5 nitrogen and oxygen atoms in total. The van der Waals surface area contributed by atoms with E-state index in [1.54, 1.807) is 24.3 Å². The standard InChI is InChI=1S/C17H27NO4S/c1-6-14(4)18(17(19)11-13(2)3)12-15-7-9-16(10-8-15)22-23(5,20)21/h7-10,13-14H,6,11-12H2,1-5H3/t14-/m0/s1. The van der Waals surface area contributed by atoms with E-state index in [2.05, 4.69) is 6.92 Å². The molecular weight excluding hydrogens is 314 g/mol. The van der Waals surface area contributed by atoms with E-state index in [4.69, 9.17) is 4.18 Å². The van der Waals surface area contributed by atoms with Crippen LogP contribution in [0.4, 0.5) is 0 Å². The lowest BCUT2D eigenvalue weighted by molar-refractivity contribution is -0.134. The van der Waals surface area contributed by atoms with E-state index in [9.17, 15) is 13.2 Å². The van der Waals surface area contributed by atoms with Gasteiger partial charge in [0, 0.05) is 19.0 Å². The van der Waals surface area contributed by atoms with E-state index >= 15 is 0 Å². The molecule has 0 saturated heterocycles. The summed E-state index contributed by atoms with van der Waals surface area (Å²) in [5.74, 6) is 0.741. The lowest BCUT2D eigenvalue weighted by atomic mass is 10.1. The van der Waals surface area contributed by atoms with Gasteiger partial charge in [-0.05, 0) is 37.0 Å². The van der Waals surface area contributed by atoms with Crippen LogP contribution in [0.1, 0.15) is 46.1 Å². The van der Waals surface area contributed by atoms with Crippen molar-refractivity contribution >= 4 is 16.0 Å². The summed E-state index contributed by atoms with van der Waals surface area (Å²) in [5, 5.41) is 0. The molecule has 0 aliphatic carbocycles. The largest absolute Gasteiger partial charge is 0.383 e. The molecule has 0 unspecified atom stereocenters. The van der Waals surface area contributed by atoms with Crippen LogP contribution in [0.15, 0.2) is 24.3 Å². The predicted octanol–water partition coefficient (Wildman–Crippen LogP) is 3.20. The van der Waals surface area contributed by atoms with Crippen molar-refractivity contribution in [1.29, 1.82) is 0 Å². The third kappa shape index (κ3) is 7.03. The second kappa shape index (κ2) is 8.34. The summed E-state index contributed by atoms with van der Waals surface area (Å²) >= 11 is 0. The zero-order valence-electron chi connectivity index (χ0n) is 14.6. The molecule has 0 fully saturated rings. The summed E-state index contributed by atoms with van der Waals surface area (Å²) in [7, 11) is -3.52. The molecule has 1 aromatic rings. The minimum absolute atomic E-state index is 0.144. The van der Waals surface area contributed by atoms with Crippen LogP contribution in [0.25, 0.3) is 0 Å². The topological polar surface area (TPSA) is 63.7 Å². The Labute approximate surface area is 139 Å².